The van der Waals surface area contributed by atoms with Gasteiger partial charge < -0.3 is 16.2 Å². The maximum atomic E-state index is 10.6. The lowest BCUT2D eigenvalue weighted by atomic mass is 10.2. The van der Waals surface area contributed by atoms with Crippen LogP contribution in [-0.4, -0.2) is 23.7 Å². The first-order valence-electron chi connectivity index (χ1n) is 5.65. The summed E-state index contributed by atoms with van der Waals surface area (Å²) in [5.41, 5.74) is 14.1. The molecule has 1 heterocycles. The fraction of sp³-hybridized carbons (Fsp3) is 0.0833. The van der Waals surface area contributed by atoms with Gasteiger partial charge in [0.15, 0.2) is 6.61 Å². The van der Waals surface area contributed by atoms with Crippen molar-refractivity contribution in [3.8, 4) is 5.75 Å². The number of nitrogens with zero attached hydrogens (tertiary/aromatic N) is 2. The Labute approximate surface area is 119 Å². The van der Waals surface area contributed by atoms with Gasteiger partial charge in [-0.1, -0.05) is 0 Å². The Bertz CT molecular complexity index is 609. The maximum Gasteiger partial charge on any atom is 0.255 e. The third-order valence-corrected chi connectivity index (χ3v) is 2.92. The number of nitrogens with one attached hydrogen (secondary N) is 1. The molecule has 0 saturated carbocycles. The maximum absolute atomic E-state index is 10.6. The molecular weight excluding hydrogens is 278 g/mol. The van der Waals surface area contributed by atoms with E-state index in [2.05, 4.69) is 15.5 Å². The highest BCUT2D eigenvalue weighted by Gasteiger charge is 1.98. The topological polar surface area (TPSA) is 116 Å². The van der Waals surface area contributed by atoms with Crippen molar-refractivity contribution in [3.63, 3.8) is 0 Å². The van der Waals surface area contributed by atoms with Crippen molar-refractivity contribution in [2.45, 2.75) is 0 Å². The third-order valence-electron chi connectivity index (χ3n) is 2.16. The molecule has 0 spiro atoms. The quantitative estimate of drug-likeness (QED) is 0.543. The second kappa shape index (κ2) is 6.53. The number of rotatable bonds is 6. The van der Waals surface area contributed by atoms with E-state index in [1.807, 2.05) is 0 Å². The summed E-state index contributed by atoms with van der Waals surface area (Å²) >= 11 is 1.37. The molecule has 0 bridgehead atoms. The zero-order valence-corrected chi connectivity index (χ0v) is 11.3. The first-order valence-corrected chi connectivity index (χ1v) is 6.53. The fourth-order valence-corrected chi connectivity index (χ4v) is 1.85. The molecule has 8 heteroatoms. The van der Waals surface area contributed by atoms with Crippen LogP contribution in [0.2, 0.25) is 0 Å². The molecule has 1 amide bonds. The summed E-state index contributed by atoms with van der Waals surface area (Å²) in [6.45, 7) is -0.138. The molecule has 1 aromatic carbocycles. The summed E-state index contributed by atoms with van der Waals surface area (Å²) in [6.07, 6.45) is 1.63. The van der Waals surface area contributed by atoms with Crippen LogP contribution in [0.5, 0.6) is 5.75 Å². The van der Waals surface area contributed by atoms with Crippen LogP contribution in [0.1, 0.15) is 5.56 Å². The van der Waals surface area contributed by atoms with E-state index in [1.165, 1.54) is 11.3 Å². The summed E-state index contributed by atoms with van der Waals surface area (Å²) in [5, 5.41) is 6.38. The van der Waals surface area contributed by atoms with Gasteiger partial charge in [0, 0.05) is 5.38 Å². The van der Waals surface area contributed by atoms with Crippen molar-refractivity contribution in [2.75, 3.05) is 17.8 Å². The highest BCUT2D eigenvalue weighted by molar-refractivity contribution is 7.14. The number of hydrazone groups is 1. The van der Waals surface area contributed by atoms with Crippen LogP contribution >= 0.6 is 11.3 Å². The van der Waals surface area contributed by atoms with E-state index in [0.29, 0.717) is 16.7 Å². The van der Waals surface area contributed by atoms with Gasteiger partial charge in [0.2, 0.25) is 5.13 Å². The number of thiazole rings is 1. The summed E-state index contributed by atoms with van der Waals surface area (Å²) in [7, 11) is 0. The van der Waals surface area contributed by atoms with E-state index >= 15 is 0 Å². The Balaban J connectivity index is 1.88. The van der Waals surface area contributed by atoms with Crippen molar-refractivity contribution in [3.05, 3.63) is 35.2 Å². The van der Waals surface area contributed by atoms with Gasteiger partial charge in [-0.15, -0.1) is 11.3 Å². The molecule has 0 aliphatic heterocycles. The molecule has 2 aromatic rings. The van der Waals surface area contributed by atoms with E-state index in [-0.39, 0.29) is 6.61 Å². The number of nitrogen functional groups attached to an aromatic ring is 1. The second-order valence-corrected chi connectivity index (χ2v) is 4.63. The predicted octanol–water partition coefficient (Wildman–Crippen LogP) is 1.04. The Morgan fingerprint density at radius 2 is 2.20 bits per heavy atom. The standard InChI is InChI=1S/C12H13N5O2S/c13-10-7-20-12(16-10)17-15-5-8-1-3-9(4-2-8)19-6-11(14)18/h1-5,7H,6,13H2,(H2,14,18)(H,16,17). The van der Waals surface area contributed by atoms with Gasteiger partial charge in [0.05, 0.1) is 6.21 Å². The van der Waals surface area contributed by atoms with Crippen molar-refractivity contribution in [1.29, 1.82) is 0 Å². The number of primary amides is 1. The third kappa shape index (κ3) is 4.25. The molecular formula is C12H13N5O2S. The first-order chi connectivity index (χ1) is 9.63. The van der Waals surface area contributed by atoms with Gasteiger partial charge in [-0.2, -0.15) is 5.10 Å². The van der Waals surface area contributed by atoms with Crippen molar-refractivity contribution in [1.82, 2.24) is 4.98 Å². The number of amides is 1. The van der Waals surface area contributed by atoms with Crippen LogP contribution in [0.25, 0.3) is 0 Å². The SMILES string of the molecule is NC(=O)COc1ccc(C=NNc2nc(N)cs2)cc1. The zero-order chi connectivity index (χ0) is 14.4. The smallest absolute Gasteiger partial charge is 0.255 e. The molecule has 7 nitrogen and oxygen atoms in total. The van der Waals surface area contributed by atoms with Crippen LogP contribution in [-0.2, 0) is 4.79 Å². The number of benzene rings is 1. The summed E-state index contributed by atoms with van der Waals surface area (Å²) in [6, 6.07) is 7.06. The molecule has 1 aromatic heterocycles. The lowest BCUT2D eigenvalue weighted by Gasteiger charge is -2.03. The van der Waals surface area contributed by atoms with Crippen LogP contribution in [0.15, 0.2) is 34.7 Å². The highest BCUT2D eigenvalue weighted by atomic mass is 32.1. The fourth-order valence-electron chi connectivity index (χ4n) is 1.30. The summed E-state index contributed by atoms with van der Waals surface area (Å²) in [5.74, 6) is 0.521. The monoisotopic (exact) mass is 291 g/mol. The second-order valence-electron chi connectivity index (χ2n) is 3.77. The van der Waals surface area contributed by atoms with Gasteiger partial charge in [-0.3, -0.25) is 10.2 Å². The average Bonchev–Trinajstić information content (AvgIpc) is 2.83. The molecule has 0 unspecified atom stereocenters. The average molecular weight is 291 g/mol. The number of carbonyl (C=O) groups is 1. The number of hydrogen-bond donors (Lipinski definition) is 3. The summed E-state index contributed by atoms with van der Waals surface area (Å²) < 4.78 is 5.14. The van der Waals surface area contributed by atoms with E-state index in [1.54, 1.807) is 35.9 Å². The number of ether oxygens (including phenoxy) is 1. The van der Waals surface area contributed by atoms with Gasteiger partial charge >= 0.3 is 0 Å². The molecule has 104 valence electrons. The highest BCUT2D eigenvalue weighted by Crippen LogP contribution is 2.16. The molecule has 20 heavy (non-hydrogen) atoms. The normalized spacial score (nSPS) is 10.6. The lowest BCUT2D eigenvalue weighted by Crippen LogP contribution is -2.19. The molecule has 0 aliphatic rings. The minimum Gasteiger partial charge on any atom is -0.484 e. The van der Waals surface area contributed by atoms with Crippen LogP contribution in [0, 0.1) is 0 Å². The Morgan fingerprint density at radius 1 is 1.45 bits per heavy atom. The van der Waals surface area contributed by atoms with E-state index in [0.717, 1.165) is 5.56 Å². The number of hydrogen-bond acceptors (Lipinski definition) is 7. The van der Waals surface area contributed by atoms with Gasteiger partial charge in [0.25, 0.3) is 5.91 Å². The molecule has 2 rings (SSSR count). The molecule has 0 radical (unpaired) electrons. The van der Waals surface area contributed by atoms with Crippen molar-refractivity contribution in [2.24, 2.45) is 10.8 Å². The molecule has 0 fully saturated rings. The molecule has 0 aliphatic carbocycles. The predicted molar refractivity (Wildman–Crippen MR) is 78.9 cm³/mol. The number of nitrogens with two attached hydrogens (primary N) is 2. The van der Waals surface area contributed by atoms with Crippen LogP contribution in [0.3, 0.4) is 0 Å². The minimum atomic E-state index is -0.512. The number of carbonyl (C=O) groups excluding carboxylic acids is 1. The minimum absolute atomic E-state index is 0.138. The molecule has 5 N–H and O–H groups in total. The Kier molecular flexibility index (Phi) is 4.51. The van der Waals surface area contributed by atoms with E-state index < -0.39 is 5.91 Å². The van der Waals surface area contributed by atoms with Crippen molar-refractivity contribution < 1.29 is 9.53 Å². The zero-order valence-electron chi connectivity index (χ0n) is 10.4. The molecule has 0 saturated heterocycles. The van der Waals surface area contributed by atoms with Gasteiger partial charge in [-0.25, -0.2) is 4.98 Å². The lowest BCUT2D eigenvalue weighted by molar-refractivity contribution is -0.119. The van der Waals surface area contributed by atoms with E-state index in [9.17, 15) is 4.79 Å². The van der Waals surface area contributed by atoms with Gasteiger partial charge in [-0.05, 0) is 29.8 Å². The Morgan fingerprint density at radius 3 is 2.80 bits per heavy atom. The van der Waals surface area contributed by atoms with Crippen LogP contribution < -0.4 is 21.6 Å². The first kappa shape index (κ1) is 13.8. The Hall–Kier alpha value is -2.61. The van der Waals surface area contributed by atoms with Crippen LogP contribution in [0.4, 0.5) is 10.9 Å². The van der Waals surface area contributed by atoms with Crippen molar-refractivity contribution >= 4 is 34.4 Å². The molecule has 0 atom stereocenters. The number of aromatic nitrogens is 1. The number of anilines is 2. The van der Waals surface area contributed by atoms with Gasteiger partial charge in [0.1, 0.15) is 11.6 Å². The summed E-state index contributed by atoms with van der Waals surface area (Å²) in [4.78, 5) is 14.6. The largest absolute Gasteiger partial charge is 0.484 e. The van der Waals surface area contributed by atoms with E-state index in [4.69, 9.17) is 16.2 Å².